The SMILES string of the molecule is O=C(CN1CCC1c1ccccc1F)Nc1ccc(Br)cc1. The highest BCUT2D eigenvalue weighted by molar-refractivity contribution is 9.10. The monoisotopic (exact) mass is 362 g/mol. The predicted molar refractivity (Wildman–Crippen MR) is 88.1 cm³/mol. The van der Waals surface area contributed by atoms with Gasteiger partial charge in [0.15, 0.2) is 0 Å². The molecule has 1 atom stereocenters. The van der Waals surface area contributed by atoms with Crippen LogP contribution in [0.4, 0.5) is 10.1 Å². The minimum absolute atomic E-state index is 0.00290. The van der Waals surface area contributed by atoms with Gasteiger partial charge in [-0.1, -0.05) is 34.1 Å². The van der Waals surface area contributed by atoms with Crippen molar-refractivity contribution in [1.29, 1.82) is 0 Å². The summed E-state index contributed by atoms with van der Waals surface area (Å²) in [5, 5.41) is 2.86. The van der Waals surface area contributed by atoms with Gasteiger partial charge in [0.05, 0.1) is 6.54 Å². The smallest absolute Gasteiger partial charge is 0.238 e. The number of likely N-dealkylation sites (tertiary alicyclic amines) is 1. The van der Waals surface area contributed by atoms with Crippen molar-refractivity contribution >= 4 is 27.5 Å². The molecule has 0 saturated carbocycles. The number of benzene rings is 2. The fraction of sp³-hybridized carbons (Fsp3) is 0.235. The Morgan fingerprint density at radius 1 is 1.23 bits per heavy atom. The quantitative estimate of drug-likeness (QED) is 0.892. The third-order valence-corrected chi connectivity index (χ3v) is 4.40. The van der Waals surface area contributed by atoms with Gasteiger partial charge in [-0.25, -0.2) is 4.39 Å². The first-order valence-electron chi connectivity index (χ1n) is 7.17. The van der Waals surface area contributed by atoms with Crippen molar-refractivity contribution in [2.75, 3.05) is 18.4 Å². The van der Waals surface area contributed by atoms with Crippen molar-refractivity contribution in [2.45, 2.75) is 12.5 Å². The van der Waals surface area contributed by atoms with Gasteiger partial charge < -0.3 is 5.32 Å². The molecule has 0 radical (unpaired) electrons. The van der Waals surface area contributed by atoms with Gasteiger partial charge in [-0.3, -0.25) is 9.69 Å². The molecule has 3 nitrogen and oxygen atoms in total. The number of nitrogens with zero attached hydrogens (tertiary/aromatic N) is 1. The topological polar surface area (TPSA) is 32.3 Å². The van der Waals surface area contributed by atoms with Gasteiger partial charge in [-0.15, -0.1) is 0 Å². The van der Waals surface area contributed by atoms with E-state index in [9.17, 15) is 9.18 Å². The maximum atomic E-state index is 13.8. The number of carbonyl (C=O) groups is 1. The Labute approximate surface area is 137 Å². The van der Waals surface area contributed by atoms with E-state index in [2.05, 4.69) is 21.2 Å². The van der Waals surface area contributed by atoms with E-state index in [1.807, 2.05) is 35.2 Å². The lowest BCUT2D eigenvalue weighted by Gasteiger charge is -2.40. The maximum Gasteiger partial charge on any atom is 0.238 e. The molecule has 1 aliphatic heterocycles. The average molecular weight is 363 g/mol. The molecule has 0 bridgehead atoms. The Bertz CT molecular complexity index is 675. The molecule has 1 saturated heterocycles. The minimum Gasteiger partial charge on any atom is -0.325 e. The van der Waals surface area contributed by atoms with Gasteiger partial charge in [-0.2, -0.15) is 0 Å². The standard InChI is InChI=1S/C17H16BrFN2O/c18-12-5-7-13(8-6-12)20-17(22)11-21-10-9-16(21)14-3-1-2-4-15(14)19/h1-8,16H,9-11H2,(H,20,22). The second-order valence-corrected chi connectivity index (χ2v) is 6.27. The van der Waals surface area contributed by atoms with E-state index in [4.69, 9.17) is 0 Å². The molecule has 3 rings (SSSR count). The van der Waals surface area contributed by atoms with E-state index < -0.39 is 0 Å². The Kier molecular flexibility index (Phi) is 4.55. The molecule has 22 heavy (non-hydrogen) atoms. The van der Waals surface area contributed by atoms with Crippen LogP contribution in [-0.4, -0.2) is 23.9 Å². The van der Waals surface area contributed by atoms with E-state index in [1.54, 1.807) is 12.1 Å². The summed E-state index contributed by atoms with van der Waals surface area (Å²) in [6, 6.07) is 14.2. The lowest BCUT2D eigenvalue weighted by molar-refractivity contribution is -0.119. The van der Waals surface area contributed by atoms with Gasteiger partial charge in [0.25, 0.3) is 0 Å². The summed E-state index contributed by atoms with van der Waals surface area (Å²) in [5.74, 6) is -0.283. The number of amides is 1. The largest absolute Gasteiger partial charge is 0.325 e. The van der Waals surface area contributed by atoms with Crippen LogP contribution in [0.15, 0.2) is 53.0 Å². The fourth-order valence-electron chi connectivity index (χ4n) is 2.65. The van der Waals surface area contributed by atoms with Gasteiger partial charge in [0.1, 0.15) is 5.82 Å². The van der Waals surface area contributed by atoms with Crippen LogP contribution in [0, 0.1) is 5.82 Å². The van der Waals surface area contributed by atoms with Crippen molar-refractivity contribution in [3.8, 4) is 0 Å². The lowest BCUT2D eigenvalue weighted by Crippen LogP contribution is -2.45. The molecule has 0 aromatic heterocycles. The maximum absolute atomic E-state index is 13.8. The number of anilines is 1. The predicted octanol–water partition coefficient (Wildman–Crippen LogP) is 3.97. The first-order valence-corrected chi connectivity index (χ1v) is 7.96. The number of halogens is 2. The van der Waals surface area contributed by atoms with Crippen molar-refractivity contribution in [1.82, 2.24) is 4.90 Å². The third-order valence-electron chi connectivity index (χ3n) is 3.87. The van der Waals surface area contributed by atoms with Gasteiger partial charge in [-0.05, 0) is 36.8 Å². The number of carbonyl (C=O) groups excluding carboxylic acids is 1. The normalized spacial score (nSPS) is 17.8. The van der Waals surface area contributed by atoms with E-state index in [0.717, 1.165) is 23.1 Å². The summed E-state index contributed by atoms with van der Waals surface area (Å²) in [6.07, 6.45) is 0.881. The van der Waals surface area contributed by atoms with Crippen LogP contribution < -0.4 is 5.32 Å². The molecular weight excluding hydrogens is 347 g/mol. The van der Waals surface area contributed by atoms with Gasteiger partial charge >= 0.3 is 0 Å². The summed E-state index contributed by atoms with van der Waals surface area (Å²) >= 11 is 3.36. The first-order chi connectivity index (χ1) is 10.6. The highest BCUT2D eigenvalue weighted by atomic mass is 79.9. The molecule has 0 aliphatic carbocycles. The van der Waals surface area contributed by atoms with Crippen LogP contribution in [0.25, 0.3) is 0 Å². The summed E-state index contributed by atoms with van der Waals surface area (Å²) in [6.45, 7) is 1.09. The molecule has 114 valence electrons. The molecule has 1 heterocycles. The zero-order valence-corrected chi connectivity index (χ0v) is 13.5. The highest BCUT2D eigenvalue weighted by Crippen LogP contribution is 2.34. The molecule has 2 aromatic carbocycles. The number of hydrogen-bond donors (Lipinski definition) is 1. The zero-order chi connectivity index (χ0) is 15.5. The van der Waals surface area contributed by atoms with Crippen LogP contribution in [0.1, 0.15) is 18.0 Å². The fourth-order valence-corrected chi connectivity index (χ4v) is 2.91. The molecule has 1 fully saturated rings. The Hall–Kier alpha value is -1.72. The van der Waals surface area contributed by atoms with Crippen LogP contribution >= 0.6 is 15.9 Å². The van der Waals surface area contributed by atoms with E-state index >= 15 is 0 Å². The second-order valence-electron chi connectivity index (χ2n) is 5.35. The third kappa shape index (κ3) is 3.36. The van der Waals surface area contributed by atoms with Crippen LogP contribution in [0.5, 0.6) is 0 Å². The number of hydrogen-bond acceptors (Lipinski definition) is 2. The average Bonchev–Trinajstić information content (AvgIpc) is 2.48. The molecule has 1 amide bonds. The van der Waals surface area contributed by atoms with Gasteiger partial charge in [0, 0.05) is 28.3 Å². The van der Waals surface area contributed by atoms with Crippen LogP contribution in [0.2, 0.25) is 0 Å². The van der Waals surface area contributed by atoms with E-state index in [-0.39, 0.29) is 24.3 Å². The molecule has 1 N–H and O–H groups in total. The van der Waals surface area contributed by atoms with Crippen LogP contribution in [-0.2, 0) is 4.79 Å². The summed E-state index contributed by atoms with van der Waals surface area (Å²) in [4.78, 5) is 14.1. The van der Waals surface area contributed by atoms with Crippen molar-refractivity contribution in [2.24, 2.45) is 0 Å². The van der Waals surface area contributed by atoms with E-state index in [0.29, 0.717) is 5.56 Å². The Morgan fingerprint density at radius 3 is 2.59 bits per heavy atom. The lowest BCUT2D eigenvalue weighted by atomic mass is 9.94. The molecule has 2 aromatic rings. The van der Waals surface area contributed by atoms with Gasteiger partial charge in [0.2, 0.25) is 5.91 Å². The first kappa shape index (κ1) is 15.2. The van der Waals surface area contributed by atoms with Crippen LogP contribution in [0.3, 0.4) is 0 Å². The van der Waals surface area contributed by atoms with Crippen molar-refractivity contribution in [3.05, 3.63) is 64.4 Å². The number of nitrogens with one attached hydrogen (secondary N) is 1. The Balaban J connectivity index is 1.60. The Morgan fingerprint density at radius 2 is 1.95 bits per heavy atom. The highest BCUT2D eigenvalue weighted by Gasteiger charge is 2.32. The molecule has 1 aliphatic rings. The summed E-state index contributed by atoms with van der Waals surface area (Å²) < 4.78 is 14.8. The summed E-state index contributed by atoms with van der Waals surface area (Å²) in [5.41, 5.74) is 1.43. The minimum atomic E-state index is -0.203. The zero-order valence-electron chi connectivity index (χ0n) is 11.9. The molecule has 1 unspecified atom stereocenters. The number of rotatable bonds is 4. The molecular formula is C17H16BrFN2O. The van der Waals surface area contributed by atoms with Crippen molar-refractivity contribution < 1.29 is 9.18 Å². The van der Waals surface area contributed by atoms with E-state index in [1.165, 1.54) is 6.07 Å². The molecule has 5 heteroatoms. The summed E-state index contributed by atoms with van der Waals surface area (Å²) in [7, 11) is 0. The van der Waals surface area contributed by atoms with Crippen molar-refractivity contribution in [3.63, 3.8) is 0 Å². The molecule has 0 spiro atoms. The second kappa shape index (κ2) is 6.58.